The standard InChI is InChI=1S/C22H18N2O6/c1-13(12-23)29-22(28)19(11-15-7-9-16(10-8-15)30-14(2)25)24-20(26)17-5-3-4-6-18(17)21(24)27/h3-10,13,19H,11H2,1-2H3/t13-,19+/m1/s1. The van der Waals surface area contributed by atoms with E-state index in [2.05, 4.69) is 0 Å². The molecule has 1 aliphatic rings. The maximum absolute atomic E-state index is 12.8. The number of carbonyl (C=O) groups excluding carboxylic acids is 4. The van der Waals surface area contributed by atoms with Gasteiger partial charge in [-0.3, -0.25) is 19.3 Å². The third-order valence-electron chi connectivity index (χ3n) is 4.50. The van der Waals surface area contributed by atoms with Gasteiger partial charge in [0.15, 0.2) is 6.10 Å². The van der Waals surface area contributed by atoms with Crippen LogP contribution in [0.5, 0.6) is 5.75 Å². The lowest BCUT2D eigenvalue weighted by molar-refractivity contribution is -0.150. The minimum Gasteiger partial charge on any atom is -0.446 e. The van der Waals surface area contributed by atoms with Crippen molar-refractivity contribution < 1.29 is 28.7 Å². The highest BCUT2D eigenvalue weighted by atomic mass is 16.5. The summed E-state index contributed by atoms with van der Waals surface area (Å²) in [5, 5.41) is 8.95. The number of carbonyl (C=O) groups is 4. The van der Waals surface area contributed by atoms with Gasteiger partial charge < -0.3 is 9.47 Å². The molecule has 1 heterocycles. The zero-order chi connectivity index (χ0) is 21.8. The maximum atomic E-state index is 12.8. The van der Waals surface area contributed by atoms with Crippen LogP contribution in [-0.4, -0.2) is 40.8 Å². The number of imide groups is 1. The Kier molecular flexibility index (Phi) is 5.93. The molecule has 0 saturated carbocycles. The smallest absolute Gasteiger partial charge is 0.331 e. The zero-order valence-electron chi connectivity index (χ0n) is 16.3. The van der Waals surface area contributed by atoms with Crippen LogP contribution in [0.15, 0.2) is 48.5 Å². The number of amides is 2. The second kappa shape index (κ2) is 8.57. The monoisotopic (exact) mass is 406 g/mol. The van der Waals surface area contributed by atoms with Crippen LogP contribution in [0.2, 0.25) is 0 Å². The second-order valence-corrected chi connectivity index (χ2v) is 6.69. The Hall–Kier alpha value is -3.99. The summed E-state index contributed by atoms with van der Waals surface area (Å²) in [7, 11) is 0. The molecule has 0 fully saturated rings. The van der Waals surface area contributed by atoms with E-state index >= 15 is 0 Å². The molecule has 0 aromatic heterocycles. The fraction of sp³-hybridized carbons (Fsp3) is 0.227. The predicted octanol–water partition coefficient (Wildman–Crippen LogP) is 2.27. The molecule has 8 nitrogen and oxygen atoms in total. The Morgan fingerprint density at radius 1 is 1.03 bits per heavy atom. The summed E-state index contributed by atoms with van der Waals surface area (Å²) in [5.74, 6) is -2.20. The van der Waals surface area contributed by atoms with Gasteiger partial charge in [-0.05, 0) is 36.8 Å². The number of esters is 2. The van der Waals surface area contributed by atoms with E-state index in [-0.39, 0.29) is 17.5 Å². The van der Waals surface area contributed by atoms with Crippen LogP contribution in [0.25, 0.3) is 0 Å². The van der Waals surface area contributed by atoms with Gasteiger partial charge in [0.25, 0.3) is 11.8 Å². The average molecular weight is 406 g/mol. The Labute approximate surface area is 172 Å². The lowest BCUT2D eigenvalue weighted by Crippen LogP contribution is -2.47. The van der Waals surface area contributed by atoms with Crippen molar-refractivity contribution in [3.63, 3.8) is 0 Å². The van der Waals surface area contributed by atoms with Crippen molar-refractivity contribution in [2.24, 2.45) is 0 Å². The molecular weight excluding hydrogens is 388 g/mol. The molecule has 0 N–H and O–H groups in total. The summed E-state index contributed by atoms with van der Waals surface area (Å²) in [4.78, 5) is 50.4. The lowest BCUT2D eigenvalue weighted by atomic mass is 10.0. The fourth-order valence-corrected chi connectivity index (χ4v) is 3.13. The van der Waals surface area contributed by atoms with Crippen LogP contribution in [0.4, 0.5) is 0 Å². The third-order valence-corrected chi connectivity index (χ3v) is 4.50. The summed E-state index contributed by atoms with van der Waals surface area (Å²) < 4.78 is 10.1. The summed E-state index contributed by atoms with van der Waals surface area (Å²) in [5.41, 5.74) is 1.02. The Morgan fingerprint density at radius 3 is 2.10 bits per heavy atom. The third kappa shape index (κ3) is 4.20. The van der Waals surface area contributed by atoms with Crippen LogP contribution >= 0.6 is 0 Å². The molecule has 0 spiro atoms. The van der Waals surface area contributed by atoms with E-state index in [0.29, 0.717) is 11.3 Å². The minimum atomic E-state index is -1.26. The van der Waals surface area contributed by atoms with E-state index in [9.17, 15) is 19.2 Å². The van der Waals surface area contributed by atoms with E-state index in [0.717, 1.165) is 4.90 Å². The molecule has 0 saturated heterocycles. The van der Waals surface area contributed by atoms with E-state index in [1.807, 2.05) is 0 Å². The Morgan fingerprint density at radius 2 is 1.60 bits per heavy atom. The number of fused-ring (bicyclic) bond motifs is 1. The number of hydrogen-bond donors (Lipinski definition) is 0. The molecule has 8 heteroatoms. The van der Waals surface area contributed by atoms with Crippen LogP contribution in [0.1, 0.15) is 40.1 Å². The number of nitrogens with zero attached hydrogens (tertiary/aromatic N) is 2. The molecule has 0 bridgehead atoms. The van der Waals surface area contributed by atoms with Crippen LogP contribution < -0.4 is 4.74 Å². The number of hydrogen-bond acceptors (Lipinski definition) is 7. The summed E-state index contributed by atoms with van der Waals surface area (Å²) >= 11 is 0. The van der Waals surface area contributed by atoms with Crippen LogP contribution in [-0.2, 0) is 20.7 Å². The molecule has 2 aromatic rings. The molecule has 0 aliphatic carbocycles. The molecule has 2 aromatic carbocycles. The van der Waals surface area contributed by atoms with Crippen molar-refractivity contribution in [2.75, 3.05) is 0 Å². The molecule has 2 atom stereocenters. The number of ether oxygens (including phenoxy) is 2. The quantitative estimate of drug-likeness (QED) is 0.411. The summed E-state index contributed by atoms with van der Waals surface area (Å²) in [6.07, 6.45) is -1.07. The molecule has 0 unspecified atom stereocenters. The second-order valence-electron chi connectivity index (χ2n) is 6.69. The lowest BCUT2D eigenvalue weighted by Gasteiger charge is -2.25. The van der Waals surface area contributed by atoms with Gasteiger partial charge in [0.1, 0.15) is 17.9 Å². The molecule has 30 heavy (non-hydrogen) atoms. The largest absolute Gasteiger partial charge is 0.446 e. The number of rotatable bonds is 6. The molecule has 1 aliphatic heterocycles. The van der Waals surface area contributed by atoms with Crippen molar-refractivity contribution in [1.29, 1.82) is 5.26 Å². The van der Waals surface area contributed by atoms with Crippen molar-refractivity contribution in [2.45, 2.75) is 32.4 Å². The SMILES string of the molecule is CC(=O)Oc1ccc(C[C@@H](C(=O)O[C@H](C)C#N)N2C(=O)c3ccccc3C2=O)cc1. The van der Waals surface area contributed by atoms with Gasteiger partial charge in [-0.1, -0.05) is 24.3 Å². The normalized spacial score (nSPS) is 14.5. The number of nitriles is 1. The zero-order valence-corrected chi connectivity index (χ0v) is 16.3. The summed E-state index contributed by atoms with van der Waals surface area (Å²) in [6, 6.07) is 13.1. The highest BCUT2D eigenvalue weighted by Gasteiger charge is 2.43. The highest BCUT2D eigenvalue weighted by molar-refractivity contribution is 6.22. The van der Waals surface area contributed by atoms with E-state index in [1.54, 1.807) is 42.5 Å². The van der Waals surface area contributed by atoms with E-state index in [4.69, 9.17) is 14.7 Å². The number of benzene rings is 2. The van der Waals surface area contributed by atoms with Gasteiger partial charge in [-0.2, -0.15) is 5.26 Å². The Balaban J connectivity index is 1.91. The predicted molar refractivity (Wildman–Crippen MR) is 103 cm³/mol. The van der Waals surface area contributed by atoms with Crippen molar-refractivity contribution in [3.05, 3.63) is 65.2 Å². The van der Waals surface area contributed by atoms with Gasteiger partial charge in [-0.15, -0.1) is 0 Å². The van der Waals surface area contributed by atoms with Crippen molar-refractivity contribution in [1.82, 2.24) is 4.90 Å². The first kappa shape index (κ1) is 20.7. The first-order valence-electron chi connectivity index (χ1n) is 9.16. The minimum absolute atomic E-state index is 0.0250. The average Bonchev–Trinajstić information content (AvgIpc) is 2.97. The molecule has 3 rings (SSSR count). The van der Waals surface area contributed by atoms with Crippen molar-refractivity contribution >= 4 is 23.8 Å². The van der Waals surface area contributed by atoms with E-state index < -0.39 is 35.9 Å². The van der Waals surface area contributed by atoms with Gasteiger partial charge in [-0.25, -0.2) is 4.79 Å². The van der Waals surface area contributed by atoms with Gasteiger partial charge in [0.2, 0.25) is 0 Å². The first-order valence-corrected chi connectivity index (χ1v) is 9.16. The van der Waals surface area contributed by atoms with Gasteiger partial charge >= 0.3 is 11.9 Å². The van der Waals surface area contributed by atoms with Gasteiger partial charge in [0.05, 0.1) is 11.1 Å². The topological polar surface area (TPSA) is 114 Å². The molecule has 152 valence electrons. The Bertz CT molecular complexity index is 1020. The molecule has 2 amide bonds. The van der Waals surface area contributed by atoms with Crippen molar-refractivity contribution in [3.8, 4) is 11.8 Å². The van der Waals surface area contributed by atoms with E-state index in [1.165, 1.54) is 26.0 Å². The van der Waals surface area contributed by atoms with Crippen LogP contribution in [0.3, 0.4) is 0 Å². The molecule has 0 radical (unpaired) electrons. The fourth-order valence-electron chi connectivity index (χ4n) is 3.13. The van der Waals surface area contributed by atoms with Crippen LogP contribution in [0, 0.1) is 11.3 Å². The molecular formula is C22H18N2O6. The van der Waals surface area contributed by atoms with Gasteiger partial charge in [0, 0.05) is 13.3 Å². The summed E-state index contributed by atoms with van der Waals surface area (Å²) in [6.45, 7) is 2.67. The first-order chi connectivity index (χ1) is 14.3. The maximum Gasteiger partial charge on any atom is 0.331 e. The highest BCUT2D eigenvalue weighted by Crippen LogP contribution is 2.27.